The van der Waals surface area contributed by atoms with Crippen molar-refractivity contribution in [3.05, 3.63) is 12.7 Å². The number of hydrogen-bond acceptors (Lipinski definition) is 2. The molecule has 0 radical (unpaired) electrons. The average Bonchev–Trinajstić information content (AvgIpc) is 2.21. The van der Waals surface area contributed by atoms with E-state index in [1.165, 1.54) is 25.7 Å². The van der Waals surface area contributed by atoms with E-state index in [9.17, 15) is 4.79 Å². The second-order valence-electron chi connectivity index (χ2n) is 3.40. The van der Waals surface area contributed by atoms with E-state index in [4.69, 9.17) is 0 Å². The number of carbonyl (C=O) groups is 1. The lowest BCUT2D eigenvalue weighted by atomic mass is 10.1. The normalized spacial score (nSPS) is 9.79. The molecule has 82 valence electrons. The van der Waals surface area contributed by atoms with Gasteiger partial charge in [-0.2, -0.15) is 0 Å². The molecule has 14 heavy (non-hydrogen) atoms. The Bertz CT molecular complexity index is 157. The van der Waals surface area contributed by atoms with Gasteiger partial charge in [0.25, 0.3) is 0 Å². The molecule has 0 aliphatic heterocycles. The van der Waals surface area contributed by atoms with Crippen molar-refractivity contribution in [2.45, 2.75) is 51.4 Å². The molecule has 0 N–H and O–H groups in total. The van der Waals surface area contributed by atoms with Gasteiger partial charge in [0.2, 0.25) is 0 Å². The van der Waals surface area contributed by atoms with Crippen molar-refractivity contribution in [3.63, 3.8) is 0 Å². The standard InChI is InChI=1S/C11H19BrO2/c1-2-3-4-5-6-7-8-9-10-11(13)14-12/h2H,1,3-10H2. The molecule has 0 bridgehead atoms. The molecule has 0 aromatic rings. The number of carbonyl (C=O) groups excluding carboxylic acids is 1. The van der Waals surface area contributed by atoms with Gasteiger partial charge in [0.15, 0.2) is 16.3 Å². The van der Waals surface area contributed by atoms with E-state index in [1.807, 2.05) is 6.08 Å². The summed E-state index contributed by atoms with van der Waals surface area (Å²) >= 11 is 2.67. The molecule has 0 amide bonds. The molecule has 0 aliphatic carbocycles. The van der Waals surface area contributed by atoms with Crippen molar-refractivity contribution in [3.8, 4) is 0 Å². The number of halogens is 1. The Labute approximate surface area is 95.2 Å². The van der Waals surface area contributed by atoms with E-state index in [0.29, 0.717) is 6.42 Å². The van der Waals surface area contributed by atoms with E-state index in [2.05, 4.69) is 26.7 Å². The Balaban J connectivity index is 2.98. The number of unbranched alkanes of at least 4 members (excludes halogenated alkanes) is 6. The number of hydrogen-bond donors (Lipinski definition) is 0. The summed E-state index contributed by atoms with van der Waals surface area (Å²) < 4.78 is 4.37. The van der Waals surface area contributed by atoms with Crippen LogP contribution in [-0.4, -0.2) is 5.97 Å². The SMILES string of the molecule is C=CCCCCCCCCC(=O)OBr. The second-order valence-corrected chi connectivity index (χ2v) is 3.72. The van der Waals surface area contributed by atoms with Crippen molar-refractivity contribution in [1.29, 1.82) is 0 Å². The molecule has 0 aromatic heterocycles. The van der Waals surface area contributed by atoms with E-state index in [0.717, 1.165) is 19.3 Å². The summed E-state index contributed by atoms with van der Waals surface area (Å²) in [6.45, 7) is 3.68. The number of allylic oxidation sites excluding steroid dienone is 1. The first-order chi connectivity index (χ1) is 6.81. The van der Waals surface area contributed by atoms with Gasteiger partial charge < -0.3 is 3.83 Å². The molecule has 0 atom stereocenters. The van der Waals surface area contributed by atoms with Gasteiger partial charge in [-0.05, 0) is 19.3 Å². The minimum atomic E-state index is -0.170. The van der Waals surface area contributed by atoms with Crippen LogP contribution in [0.25, 0.3) is 0 Å². The van der Waals surface area contributed by atoms with Crippen LogP contribution in [0.3, 0.4) is 0 Å². The molecule has 3 heteroatoms. The van der Waals surface area contributed by atoms with E-state index >= 15 is 0 Å². The van der Waals surface area contributed by atoms with Crippen LogP contribution >= 0.6 is 16.3 Å². The van der Waals surface area contributed by atoms with Crippen LogP contribution < -0.4 is 0 Å². The highest BCUT2D eigenvalue weighted by molar-refractivity contribution is 9.06. The second kappa shape index (κ2) is 10.8. The summed E-state index contributed by atoms with van der Waals surface area (Å²) in [6, 6.07) is 0. The molecule has 0 saturated carbocycles. The molecule has 0 spiro atoms. The highest BCUT2D eigenvalue weighted by atomic mass is 79.9. The molecule has 2 nitrogen and oxygen atoms in total. The quantitative estimate of drug-likeness (QED) is 0.461. The summed E-state index contributed by atoms with van der Waals surface area (Å²) in [4.78, 5) is 10.7. The molecule has 0 rings (SSSR count). The van der Waals surface area contributed by atoms with Crippen LogP contribution in [0, 0.1) is 0 Å². The van der Waals surface area contributed by atoms with Crippen molar-refractivity contribution < 1.29 is 8.62 Å². The first-order valence-electron chi connectivity index (χ1n) is 5.23. The Hall–Kier alpha value is -0.310. The van der Waals surface area contributed by atoms with Crippen LogP contribution in [0.15, 0.2) is 12.7 Å². The summed E-state index contributed by atoms with van der Waals surface area (Å²) in [7, 11) is 0. The summed E-state index contributed by atoms with van der Waals surface area (Å²) in [5.41, 5.74) is 0. The third-order valence-electron chi connectivity index (χ3n) is 2.13. The highest BCUT2D eigenvalue weighted by Gasteiger charge is 1.99. The maximum absolute atomic E-state index is 10.7. The third kappa shape index (κ3) is 9.78. The van der Waals surface area contributed by atoms with Crippen molar-refractivity contribution in [2.24, 2.45) is 0 Å². The fourth-order valence-corrected chi connectivity index (χ4v) is 1.47. The van der Waals surface area contributed by atoms with Gasteiger partial charge >= 0.3 is 5.97 Å². The van der Waals surface area contributed by atoms with Gasteiger partial charge in [0.05, 0.1) is 0 Å². The zero-order valence-corrected chi connectivity index (χ0v) is 10.2. The Kier molecular flexibility index (Phi) is 10.5. The monoisotopic (exact) mass is 262 g/mol. The average molecular weight is 263 g/mol. The Morgan fingerprint density at radius 1 is 1.14 bits per heavy atom. The molecular formula is C11H19BrO2. The van der Waals surface area contributed by atoms with E-state index < -0.39 is 0 Å². The molecule has 0 aliphatic rings. The maximum atomic E-state index is 10.7. The molecule has 0 unspecified atom stereocenters. The molecule has 0 heterocycles. The molecule has 0 fully saturated rings. The van der Waals surface area contributed by atoms with E-state index in [1.54, 1.807) is 0 Å². The fourth-order valence-electron chi connectivity index (χ4n) is 1.30. The predicted molar refractivity (Wildman–Crippen MR) is 62.2 cm³/mol. The maximum Gasteiger partial charge on any atom is 0.317 e. The topological polar surface area (TPSA) is 26.3 Å². The Morgan fingerprint density at radius 3 is 2.29 bits per heavy atom. The van der Waals surface area contributed by atoms with Crippen LogP contribution in [0.1, 0.15) is 51.4 Å². The van der Waals surface area contributed by atoms with Gasteiger partial charge in [0.1, 0.15) is 0 Å². The zero-order chi connectivity index (χ0) is 10.6. The smallest absolute Gasteiger partial charge is 0.317 e. The van der Waals surface area contributed by atoms with Crippen molar-refractivity contribution in [2.75, 3.05) is 0 Å². The minimum absolute atomic E-state index is 0.170. The van der Waals surface area contributed by atoms with Crippen LogP contribution in [0.2, 0.25) is 0 Å². The van der Waals surface area contributed by atoms with Gasteiger partial charge in [-0.15, -0.1) is 6.58 Å². The van der Waals surface area contributed by atoms with Gasteiger partial charge in [-0.3, -0.25) is 4.79 Å². The molecule has 0 aromatic carbocycles. The first kappa shape index (κ1) is 13.7. The molecular weight excluding hydrogens is 244 g/mol. The van der Waals surface area contributed by atoms with Crippen molar-refractivity contribution in [1.82, 2.24) is 0 Å². The Morgan fingerprint density at radius 2 is 1.71 bits per heavy atom. The summed E-state index contributed by atoms with van der Waals surface area (Å²) in [6.07, 6.45) is 10.7. The van der Waals surface area contributed by atoms with Gasteiger partial charge in [-0.25, -0.2) is 0 Å². The lowest BCUT2D eigenvalue weighted by Gasteiger charge is -1.99. The summed E-state index contributed by atoms with van der Waals surface area (Å²) in [5, 5.41) is 0. The lowest BCUT2D eigenvalue weighted by Crippen LogP contribution is -1.95. The van der Waals surface area contributed by atoms with Crippen LogP contribution in [0.4, 0.5) is 0 Å². The van der Waals surface area contributed by atoms with Crippen molar-refractivity contribution >= 4 is 22.2 Å². The first-order valence-corrected chi connectivity index (χ1v) is 5.88. The predicted octanol–water partition coefficient (Wildman–Crippen LogP) is 4.15. The van der Waals surface area contributed by atoms with Gasteiger partial charge in [0, 0.05) is 6.42 Å². The summed E-state index contributed by atoms with van der Waals surface area (Å²) in [5.74, 6) is -0.170. The van der Waals surface area contributed by atoms with Crippen LogP contribution in [-0.2, 0) is 8.62 Å². The third-order valence-corrected chi connectivity index (χ3v) is 2.49. The lowest BCUT2D eigenvalue weighted by molar-refractivity contribution is -0.132. The van der Waals surface area contributed by atoms with Crippen LogP contribution in [0.5, 0.6) is 0 Å². The molecule has 0 saturated heterocycles. The van der Waals surface area contributed by atoms with E-state index in [-0.39, 0.29) is 5.97 Å². The largest absolute Gasteiger partial charge is 0.384 e. The zero-order valence-electron chi connectivity index (χ0n) is 8.64. The van der Waals surface area contributed by atoms with Gasteiger partial charge in [-0.1, -0.05) is 31.8 Å². The minimum Gasteiger partial charge on any atom is -0.384 e. The number of rotatable bonds is 9. The highest BCUT2D eigenvalue weighted by Crippen LogP contribution is 2.09. The fraction of sp³-hybridized carbons (Fsp3) is 0.727.